The summed E-state index contributed by atoms with van der Waals surface area (Å²) in [5.41, 5.74) is 0.965. The van der Waals surface area contributed by atoms with Gasteiger partial charge in [-0.15, -0.1) is 0 Å². The van der Waals surface area contributed by atoms with Gasteiger partial charge in [-0.25, -0.2) is 0 Å². The SMILES string of the molecule is COCCCN(C)Cc1ccc(O)cn1. The first-order valence-corrected chi connectivity index (χ1v) is 5.03. The Balaban J connectivity index is 2.31. The van der Waals surface area contributed by atoms with Crippen LogP contribution in [0, 0.1) is 0 Å². The minimum Gasteiger partial charge on any atom is -0.506 e. The number of aromatic nitrogens is 1. The molecule has 0 spiro atoms. The molecule has 0 amide bonds. The zero-order valence-electron chi connectivity index (χ0n) is 9.31. The minimum absolute atomic E-state index is 0.209. The van der Waals surface area contributed by atoms with Gasteiger partial charge in [-0.3, -0.25) is 4.98 Å². The van der Waals surface area contributed by atoms with E-state index in [1.807, 2.05) is 13.1 Å². The first-order chi connectivity index (χ1) is 7.22. The van der Waals surface area contributed by atoms with E-state index >= 15 is 0 Å². The molecule has 0 aliphatic rings. The Morgan fingerprint density at radius 3 is 2.87 bits per heavy atom. The Labute approximate surface area is 90.5 Å². The Kier molecular flexibility index (Phi) is 5.07. The number of hydrogen-bond donors (Lipinski definition) is 1. The lowest BCUT2D eigenvalue weighted by Gasteiger charge is -2.15. The van der Waals surface area contributed by atoms with Gasteiger partial charge in [-0.2, -0.15) is 0 Å². The van der Waals surface area contributed by atoms with Gasteiger partial charge in [0, 0.05) is 26.8 Å². The van der Waals surface area contributed by atoms with Crippen LogP contribution >= 0.6 is 0 Å². The molecule has 0 aromatic carbocycles. The average molecular weight is 210 g/mol. The highest BCUT2D eigenvalue weighted by atomic mass is 16.5. The second kappa shape index (κ2) is 6.37. The molecular formula is C11H18N2O2. The van der Waals surface area contributed by atoms with Crippen molar-refractivity contribution in [2.75, 3.05) is 27.3 Å². The zero-order valence-corrected chi connectivity index (χ0v) is 9.31. The zero-order chi connectivity index (χ0) is 11.1. The fourth-order valence-electron chi connectivity index (χ4n) is 1.34. The molecule has 4 nitrogen and oxygen atoms in total. The third kappa shape index (κ3) is 4.76. The van der Waals surface area contributed by atoms with E-state index in [4.69, 9.17) is 9.84 Å². The molecule has 0 saturated carbocycles. The Morgan fingerprint density at radius 2 is 2.27 bits per heavy atom. The van der Waals surface area contributed by atoms with Crippen molar-refractivity contribution in [3.63, 3.8) is 0 Å². The quantitative estimate of drug-likeness (QED) is 0.718. The smallest absolute Gasteiger partial charge is 0.133 e. The lowest BCUT2D eigenvalue weighted by atomic mass is 10.3. The van der Waals surface area contributed by atoms with Crippen LogP contribution < -0.4 is 0 Å². The number of nitrogens with zero attached hydrogens (tertiary/aromatic N) is 2. The third-order valence-corrected chi connectivity index (χ3v) is 2.13. The number of ether oxygens (including phenoxy) is 1. The van der Waals surface area contributed by atoms with Crippen molar-refractivity contribution < 1.29 is 9.84 Å². The third-order valence-electron chi connectivity index (χ3n) is 2.13. The van der Waals surface area contributed by atoms with Gasteiger partial charge in [-0.05, 0) is 25.6 Å². The lowest BCUT2D eigenvalue weighted by molar-refractivity contribution is 0.178. The van der Waals surface area contributed by atoms with Crippen molar-refractivity contribution in [1.29, 1.82) is 0 Å². The van der Waals surface area contributed by atoms with Crippen LogP contribution in [0.25, 0.3) is 0 Å². The molecule has 1 N–H and O–H groups in total. The summed E-state index contributed by atoms with van der Waals surface area (Å²) in [5, 5.41) is 9.07. The van der Waals surface area contributed by atoms with E-state index in [0.717, 1.165) is 31.8 Å². The summed E-state index contributed by atoms with van der Waals surface area (Å²) in [6, 6.07) is 3.49. The van der Waals surface area contributed by atoms with Gasteiger partial charge in [-0.1, -0.05) is 0 Å². The number of pyridine rings is 1. The molecule has 1 aromatic heterocycles. The van der Waals surface area contributed by atoms with Gasteiger partial charge in [0.1, 0.15) is 5.75 Å². The van der Waals surface area contributed by atoms with Crippen LogP contribution in [0.3, 0.4) is 0 Å². The summed E-state index contributed by atoms with van der Waals surface area (Å²) in [6.45, 7) is 2.56. The molecule has 0 fully saturated rings. The fourth-order valence-corrected chi connectivity index (χ4v) is 1.34. The van der Waals surface area contributed by atoms with E-state index < -0.39 is 0 Å². The number of rotatable bonds is 6. The maximum Gasteiger partial charge on any atom is 0.133 e. The van der Waals surface area contributed by atoms with Gasteiger partial charge in [0.15, 0.2) is 0 Å². The van der Waals surface area contributed by atoms with Crippen molar-refractivity contribution in [2.45, 2.75) is 13.0 Å². The average Bonchev–Trinajstić information content (AvgIpc) is 2.22. The number of hydrogen-bond acceptors (Lipinski definition) is 4. The van der Waals surface area contributed by atoms with Gasteiger partial charge >= 0.3 is 0 Å². The van der Waals surface area contributed by atoms with Crippen LogP contribution in [-0.2, 0) is 11.3 Å². The first-order valence-electron chi connectivity index (χ1n) is 5.03. The van der Waals surface area contributed by atoms with Crippen LogP contribution in [0.1, 0.15) is 12.1 Å². The molecule has 1 heterocycles. The minimum atomic E-state index is 0.209. The molecular weight excluding hydrogens is 192 g/mol. The predicted octanol–water partition coefficient (Wildman–Crippen LogP) is 1.26. The molecule has 0 bridgehead atoms. The van der Waals surface area contributed by atoms with Crippen LogP contribution in [0.4, 0.5) is 0 Å². The topological polar surface area (TPSA) is 45.6 Å². The van der Waals surface area contributed by atoms with Crippen molar-refractivity contribution in [1.82, 2.24) is 9.88 Å². The standard InChI is InChI=1S/C11H18N2O2/c1-13(6-3-7-15-2)9-10-4-5-11(14)8-12-10/h4-5,8,14H,3,6-7,9H2,1-2H3. The van der Waals surface area contributed by atoms with Gasteiger partial charge in [0.25, 0.3) is 0 Å². The summed E-state index contributed by atoms with van der Waals surface area (Å²) < 4.78 is 4.98. The van der Waals surface area contributed by atoms with Crippen LogP contribution in [0.15, 0.2) is 18.3 Å². The fraction of sp³-hybridized carbons (Fsp3) is 0.545. The maximum absolute atomic E-state index is 9.07. The summed E-state index contributed by atoms with van der Waals surface area (Å²) in [6.07, 6.45) is 2.49. The van der Waals surface area contributed by atoms with Crippen LogP contribution in [-0.4, -0.2) is 42.3 Å². The molecule has 0 saturated heterocycles. The molecule has 0 aliphatic heterocycles. The lowest BCUT2D eigenvalue weighted by Crippen LogP contribution is -2.20. The number of aromatic hydroxyl groups is 1. The second-order valence-electron chi connectivity index (χ2n) is 3.59. The molecule has 0 atom stereocenters. The monoisotopic (exact) mass is 210 g/mol. The molecule has 1 rings (SSSR count). The first kappa shape index (κ1) is 11.9. The Hall–Kier alpha value is -1.13. The largest absolute Gasteiger partial charge is 0.506 e. The van der Waals surface area contributed by atoms with Crippen molar-refractivity contribution >= 4 is 0 Å². The molecule has 84 valence electrons. The summed E-state index contributed by atoms with van der Waals surface area (Å²) >= 11 is 0. The molecule has 15 heavy (non-hydrogen) atoms. The van der Waals surface area contributed by atoms with E-state index in [9.17, 15) is 0 Å². The van der Waals surface area contributed by atoms with Gasteiger partial charge in [0.2, 0.25) is 0 Å². The van der Waals surface area contributed by atoms with E-state index in [-0.39, 0.29) is 5.75 Å². The van der Waals surface area contributed by atoms with E-state index in [0.29, 0.717) is 0 Å². The number of methoxy groups -OCH3 is 1. The Bertz CT molecular complexity index is 274. The van der Waals surface area contributed by atoms with Crippen LogP contribution in [0.2, 0.25) is 0 Å². The second-order valence-corrected chi connectivity index (χ2v) is 3.59. The normalized spacial score (nSPS) is 10.9. The predicted molar refractivity (Wildman–Crippen MR) is 58.7 cm³/mol. The Morgan fingerprint density at radius 1 is 1.47 bits per heavy atom. The maximum atomic E-state index is 9.07. The summed E-state index contributed by atoms with van der Waals surface area (Å²) in [5.74, 6) is 0.209. The van der Waals surface area contributed by atoms with E-state index in [1.54, 1.807) is 13.2 Å². The van der Waals surface area contributed by atoms with Crippen molar-refractivity contribution in [3.05, 3.63) is 24.0 Å². The molecule has 1 aromatic rings. The van der Waals surface area contributed by atoms with Gasteiger partial charge < -0.3 is 14.7 Å². The molecule has 0 aliphatic carbocycles. The molecule has 4 heteroatoms. The summed E-state index contributed by atoms with van der Waals surface area (Å²) in [7, 11) is 3.76. The van der Waals surface area contributed by atoms with Crippen LogP contribution in [0.5, 0.6) is 5.75 Å². The highest BCUT2D eigenvalue weighted by molar-refractivity contribution is 5.17. The van der Waals surface area contributed by atoms with Gasteiger partial charge in [0.05, 0.1) is 11.9 Å². The van der Waals surface area contributed by atoms with Crippen molar-refractivity contribution in [3.8, 4) is 5.75 Å². The molecule has 0 unspecified atom stereocenters. The highest BCUT2D eigenvalue weighted by Gasteiger charge is 2.01. The summed E-state index contributed by atoms with van der Waals surface area (Å²) in [4.78, 5) is 6.30. The molecule has 0 radical (unpaired) electrons. The van der Waals surface area contributed by atoms with E-state index in [2.05, 4.69) is 9.88 Å². The van der Waals surface area contributed by atoms with E-state index in [1.165, 1.54) is 6.20 Å². The highest BCUT2D eigenvalue weighted by Crippen LogP contribution is 2.07. The van der Waals surface area contributed by atoms with Crippen molar-refractivity contribution in [2.24, 2.45) is 0 Å².